The Bertz CT molecular complexity index is 665. The highest BCUT2D eigenvalue weighted by atomic mass is 16.7. The Morgan fingerprint density at radius 3 is 2.04 bits per heavy atom. The highest BCUT2D eigenvalue weighted by Gasteiger charge is 2.45. The predicted molar refractivity (Wildman–Crippen MR) is 98.8 cm³/mol. The first kappa shape index (κ1) is 19.9. The Balaban J connectivity index is 1.58. The van der Waals surface area contributed by atoms with Crippen molar-refractivity contribution >= 4 is 0 Å². The molecule has 5 atom stereocenters. The van der Waals surface area contributed by atoms with Gasteiger partial charge in [-0.1, -0.05) is 60.7 Å². The summed E-state index contributed by atoms with van der Waals surface area (Å²) in [5.74, 6) is 0. The van der Waals surface area contributed by atoms with Crippen molar-refractivity contribution in [1.29, 1.82) is 0 Å². The molecule has 6 heteroatoms. The smallest absolute Gasteiger partial charge is 0.186 e. The molecule has 6 nitrogen and oxygen atoms in total. The molecule has 0 bridgehead atoms. The molecule has 0 radical (unpaired) electrons. The Morgan fingerprint density at radius 1 is 0.852 bits per heavy atom. The number of hydrogen-bond acceptors (Lipinski definition) is 6. The normalized spacial score (nSPS) is 28.2. The van der Waals surface area contributed by atoms with Gasteiger partial charge in [-0.15, -0.1) is 0 Å². The summed E-state index contributed by atoms with van der Waals surface area (Å²) < 4.78 is 22.4. The van der Waals surface area contributed by atoms with Crippen LogP contribution in [0, 0.1) is 0 Å². The third-order valence-corrected chi connectivity index (χ3v) is 4.55. The summed E-state index contributed by atoms with van der Waals surface area (Å²) in [6.07, 6.45) is -4.53. The minimum absolute atomic E-state index is 0.161. The predicted octanol–water partition coefficient (Wildman–Crippen LogP) is 1.88. The molecule has 5 unspecified atom stereocenters. The van der Waals surface area contributed by atoms with Crippen molar-refractivity contribution in [3.63, 3.8) is 0 Å². The van der Waals surface area contributed by atoms with Crippen LogP contribution in [0.1, 0.15) is 11.1 Å². The van der Waals surface area contributed by atoms with Gasteiger partial charge in [-0.3, -0.25) is 0 Å². The fourth-order valence-corrected chi connectivity index (χ4v) is 3.07. The third kappa shape index (κ3) is 5.35. The van der Waals surface area contributed by atoms with Crippen molar-refractivity contribution in [2.24, 2.45) is 0 Å². The van der Waals surface area contributed by atoms with Gasteiger partial charge in [0, 0.05) is 7.11 Å². The molecule has 0 amide bonds. The van der Waals surface area contributed by atoms with E-state index in [0.29, 0.717) is 6.61 Å². The van der Waals surface area contributed by atoms with Crippen molar-refractivity contribution < 1.29 is 29.2 Å². The van der Waals surface area contributed by atoms with E-state index in [-0.39, 0.29) is 13.2 Å². The van der Waals surface area contributed by atoms with E-state index < -0.39 is 30.7 Å². The van der Waals surface area contributed by atoms with Gasteiger partial charge in [0.1, 0.15) is 24.4 Å². The van der Waals surface area contributed by atoms with E-state index in [1.165, 1.54) is 7.11 Å². The first-order valence-electron chi connectivity index (χ1n) is 9.00. The Hall–Kier alpha value is -1.80. The van der Waals surface area contributed by atoms with Gasteiger partial charge in [0.05, 0.1) is 19.8 Å². The standard InChI is InChI=1S/C21H26O6/c1-24-21-19(23)20(26-13-16-10-6-3-7-11-16)18(22)17(27-21)14-25-12-15-8-4-2-5-9-15/h2-11,17-23H,12-14H2,1H3. The van der Waals surface area contributed by atoms with E-state index in [9.17, 15) is 10.2 Å². The Kier molecular flexibility index (Phi) is 7.34. The largest absolute Gasteiger partial charge is 0.387 e. The molecule has 0 aromatic heterocycles. The molecule has 2 aromatic carbocycles. The van der Waals surface area contributed by atoms with Crippen LogP contribution in [0.15, 0.2) is 60.7 Å². The molecule has 27 heavy (non-hydrogen) atoms. The Morgan fingerprint density at radius 2 is 1.44 bits per heavy atom. The molecule has 1 aliphatic heterocycles. The van der Waals surface area contributed by atoms with Crippen LogP contribution in [0.5, 0.6) is 0 Å². The van der Waals surface area contributed by atoms with Crippen molar-refractivity contribution in [2.45, 2.75) is 43.9 Å². The van der Waals surface area contributed by atoms with Gasteiger partial charge >= 0.3 is 0 Å². The molecule has 0 aliphatic carbocycles. The highest BCUT2D eigenvalue weighted by molar-refractivity contribution is 5.14. The van der Waals surface area contributed by atoms with Crippen LogP contribution in [-0.2, 0) is 32.2 Å². The summed E-state index contributed by atoms with van der Waals surface area (Å²) in [4.78, 5) is 0. The molecular formula is C21H26O6. The average molecular weight is 374 g/mol. The average Bonchev–Trinajstić information content (AvgIpc) is 2.71. The van der Waals surface area contributed by atoms with Crippen molar-refractivity contribution in [3.8, 4) is 0 Å². The van der Waals surface area contributed by atoms with Crippen molar-refractivity contribution in [3.05, 3.63) is 71.8 Å². The number of aliphatic hydroxyl groups excluding tert-OH is 2. The maximum absolute atomic E-state index is 10.6. The molecule has 0 spiro atoms. The molecule has 3 rings (SSSR count). The molecule has 1 fully saturated rings. The lowest BCUT2D eigenvalue weighted by Gasteiger charge is -2.41. The summed E-state index contributed by atoms with van der Waals surface area (Å²) in [5.41, 5.74) is 1.98. The van der Waals surface area contributed by atoms with Crippen LogP contribution in [-0.4, -0.2) is 54.6 Å². The summed E-state index contributed by atoms with van der Waals surface area (Å²) in [6, 6.07) is 19.3. The van der Waals surface area contributed by atoms with Gasteiger partial charge in [0.15, 0.2) is 6.29 Å². The molecule has 1 aliphatic rings. The van der Waals surface area contributed by atoms with E-state index >= 15 is 0 Å². The maximum atomic E-state index is 10.6. The van der Waals surface area contributed by atoms with Gasteiger partial charge in [0.2, 0.25) is 0 Å². The van der Waals surface area contributed by atoms with Gasteiger partial charge in [-0.2, -0.15) is 0 Å². The summed E-state index contributed by atoms with van der Waals surface area (Å²) in [5, 5.41) is 21.1. The Labute approximate surface area is 159 Å². The molecule has 1 saturated heterocycles. The first-order valence-corrected chi connectivity index (χ1v) is 9.00. The van der Waals surface area contributed by atoms with Gasteiger partial charge in [-0.05, 0) is 11.1 Å². The number of methoxy groups -OCH3 is 1. The fraction of sp³-hybridized carbons (Fsp3) is 0.429. The van der Waals surface area contributed by atoms with Crippen molar-refractivity contribution in [2.75, 3.05) is 13.7 Å². The second kappa shape index (κ2) is 9.94. The zero-order valence-electron chi connectivity index (χ0n) is 15.3. The van der Waals surface area contributed by atoms with Crippen LogP contribution in [0.3, 0.4) is 0 Å². The minimum atomic E-state index is -1.10. The fourth-order valence-electron chi connectivity index (χ4n) is 3.07. The number of hydrogen-bond donors (Lipinski definition) is 2. The van der Waals surface area contributed by atoms with Crippen LogP contribution >= 0.6 is 0 Å². The van der Waals surface area contributed by atoms with Gasteiger partial charge < -0.3 is 29.2 Å². The monoisotopic (exact) mass is 374 g/mol. The second-order valence-electron chi connectivity index (χ2n) is 6.52. The molecule has 2 N–H and O–H groups in total. The van der Waals surface area contributed by atoms with Crippen LogP contribution in [0.2, 0.25) is 0 Å². The lowest BCUT2D eigenvalue weighted by atomic mass is 9.99. The molecule has 0 saturated carbocycles. The van der Waals surface area contributed by atoms with E-state index in [1.54, 1.807) is 0 Å². The quantitative estimate of drug-likeness (QED) is 0.735. The lowest BCUT2D eigenvalue weighted by molar-refractivity contribution is -0.305. The SMILES string of the molecule is COC1OC(COCc2ccccc2)C(O)C(OCc2ccccc2)C1O. The summed E-state index contributed by atoms with van der Waals surface area (Å²) in [7, 11) is 1.45. The van der Waals surface area contributed by atoms with E-state index in [2.05, 4.69) is 0 Å². The van der Waals surface area contributed by atoms with Gasteiger partial charge in [0.25, 0.3) is 0 Å². The summed E-state index contributed by atoms with van der Waals surface area (Å²) in [6.45, 7) is 0.838. The lowest BCUT2D eigenvalue weighted by Crippen LogP contribution is -2.60. The van der Waals surface area contributed by atoms with Crippen molar-refractivity contribution in [1.82, 2.24) is 0 Å². The van der Waals surface area contributed by atoms with E-state index in [4.69, 9.17) is 18.9 Å². The number of ether oxygens (including phenoxy) is 4. The van der Waals surface area contributed by atoms with Crippen LogP contribution in [0.4, 0.5) is 0 Å². The topological polar surface area (TPSA) is 77.4 Å². The first-order chi connectivity index (χ1) is 13.2. The van der Waals surface area contributed by atoms with E-state index in [1.807, 2.05) is 60.7 Å². The second-order valence-corrected chi connectivity index (χ2v) is 6.52. The highest BCUT2D eigenvalue weighted by Crippen LogP contribution is 2.25. The van der Waals surface area contributed by atoms with Gasteiger partial charge in [-0.25, -0.2) is 0 Å². The summed E-state index contributed by atoms with van der Waals surface area (Å²) >= 11 is 0. The molecule has 146 valence electrons. The van der Waals surface area contributed by atoms with Crippen LogP contribution in [0.25, 0.3) is 0 Å². The molecular weight excluding hydrogens is 348 g/mol. The third-order valence-electron chi connectivity index (χ3n) is 4.55. The van der Waals surface area contributed by atoms with E-state index in [0.717, 1.165) is 11.1 Å². The number of benzene rings is 2. The molecule has 1 heterocycles. The zero-order valence-corrected chi connectivity index (χ0v) is 15.3. The van der Waals surface area contributed by atoms with Crippen LogP contribution < -0.4 is 0 Å². The number of aliphatic hydroxyl groups is 2. The molecule has 2 aromatic rings. The number of rotatable bonds is 8. The zero-order chi connectivity index (χ0) is 19.1. The minimum Gasteiger partial charge on any atom is -0.387 e. The maximum Gasteiger partial charge on any atom is 0.186 e.